The number of para-hydroxylation sites is 1. The van der Waals surface area contributed by atoms with Crippen LogP contribution in [0, 0.1) is 6.92 Å². The summed E-state index contributed by atoms with van der Waals surface area (Å²) in [4.78, 5) is 11.6. The molecule has 0 aromatic heterocycles. The van der Waals surface area contributed by atoms with Crippen LogP contribution in [0.3, 0.4) is 0 Å². The lowest BCUT2D eigenvalue weighted by atomic mass is 10.2. The number of carbonyl (C=O) groups excluding carboxylic acids is 1. The minimum absolute atomic E-state index is 0.366. The number of rotatable bonds is 2. The van der Waals surface area contributed by atoms with E-state index in [1.807, 2.05) is 25.1 Å². The highest BCUT2D eigenvalue weighted by molar-refractivity contribution is 5.93. The smallest absolute Gasteiger partial charge is 0.351 e. The van der Waals surface area contributed by atoms with Crippen molar-refractivity contribution in [1.29, 1.82) is 0 Å². The SMILES string of the molecule is Cc1ccccc1OC(=O)C1=C=CC=C1. The lowest BCUT2D eigenvalue weighted by Crippen LogP contribution is -2.09. The first kappa shape index (κ1) is 9.50. The van der Waals surface area contributed by atoms with Gasteiger partial charge in [-0.05, 0) is 30.7 Å². The van der Waals surface area contributed by atoms with Gasteiger partial charge >= 0.3 is 5.97 Å². The Morgan fingerprint density at radius 3 is 2.80 bits per heavy atom. The quantitative estimate of drug-likeness (QED) is 0.414. The van der Waals surface area contributed by atoms with Crippen LogP contribution in [-0.2, 0) is 4.79 Å². The molecule has 2 nitrogen and oxygen atoms in total. The number of allylic oxidation sites excluding steroid dienone is 1. The van der Waals surface area contributed by atoms with E-state index < -0.39 is 0 Å². The predicted molar refractivity (Wildman–Crippen MR) is 57.6 cm³/mol. The molecule has 0 bridgehead atoms. The molecule has 0 fully saturated rings. The Hall–Kier alpha value is -2.05. The molecular formula is C13H10O2. The van der Waals surface area contributed by atoms with Crippen LogP contribution in [0.25, 0.3) is 0 Å². The van der Waals surface area contributed by atoms with Crippen molar-refractivity contribution in [2.24, 2.45) is 0 Å². The van der Waals surface area contributed by atoms with E-state index >= 15 is 0 Å². The fourth-order valence-electron chi connectivity index (χ4n) is 1.28. The van der Waals surface area contributed by atoms with Gasteiger partial charge in [0.15, 0.2) is 0 Å². The molecule has 0 radical (unpaired) electrons. The molecule has 0 heterocycles. The Labute approximate surface area is 88.2 Å². The first-order valence-corrected chi connectivity index (χ1v) is 4.68. The van der Waals surface area contributed by atoms with Crippen molar-refractivity contribution in [3.05, 3.63) is 59.4 Å². The van der Waals surface area contributed by atoms with Gasteiger partial charge in [-0.25, -0.2) is 4.79 Å². The molecule has 1 aliphatic rings. The number of ether oxygens (including phenoxy) is 1. The van der Waals surface area contributed by atoms with Gasteiger partial charge in [-0.3, -0.25) is 0 Å². The van der Waals surface area contributed by atoms with Crippen LogP contribution in [0.15, 0.2) is 53.8 Å². The van der Waals surface area contributed by atoms with Gasteiger partial charge in [0.05, 0.1) is 0 Å². The monoisotopic (exact) mass is 198 g/mol. The van der Waals surface area contributed by atoms with Gasteiger partial charge in [0, 0.05) is 0 Å². The molecule has 0 spiro atoms. The summed E-state index contributed by atoms with van der Waals surface area (Å²) in [6.45, 7) is 1.90. The molecule has 1 aliphatic carbocycles. The summed E-state index contributed by atoms with van der Waals surface area (Å²) in [5.74, 6) is 0.228. The highest BCUT2D eigenvalue weighted by Crippen LogP contribution is 2.18. The highest BCUT2D eigenvalue weighted by Gasteiger charge is 2.11. The number of aryl methyl sites for hydroxylation is 1. The molecular weight excluding hydrogens is 188 g/mol. The summed E-state index contributed by atoms with van der Waals surface area (Å²) in [6.07, 6.45) is 5.13. The number of hydrogen-bond acceptors (Lipinski definition) is 2. The first-order chi connectivity index (χ1) is 7.27. The van der Waals surface area contributed by atoms with Crippen molar-refractivity contribution in [3.63, 3.8) is 0 Å². The third kappa shape index (κ3) is 2.06. The molecule has 0 amide bonds. The molecule has 2 rings (SSSR count). The molecule has 74 valence electrons. The van der Waals surface area contributed by atoms with Crippen molar-refractivity contribution in [2.45, 2.75) is 6.92 Å². The summed E-state index contributed by atoms with van der Waals surface area (Å²) in [5.41, 5.74) is 4.20. The minimum atomic E-state index is -0.366. The number of benzene rings is 1. The molecule has 0 unspecified atom stereocenters. The van der Waals surface area contributed by atoms with E-state index in [1.165, 1.54) is 0 Å². The van der Waals surface area contributed by atoms with Crippen molar-refractivity contribution < 1.29 is 9.53 Å². The maximum Gasteiger partial charge on any atom is 0.351 e. The maximum absolute atomic E-state index is 11.6. The summed E-state index contributed by atoms with van der Waals surface area (Å²) in [5, 5.41) is 0. The summed E-state index contributed by atoms with van der Waals surface area (Å²) in [7, 11) is 0. The van der Waals surface area contributed by atoms with Crippen molar-refractivity contribution >= 4 is 5.97 Å². The average molecular weight is 198 g/mol. The number of hydrogen-bond donors (Lipinski definition) is 0. The first-order valence-electron chi connectivity index (χ1n) is 4.68. The van der Waals surface area contributed by atoms with Crippen molar-refractivity contribution in [2.75, 3.05) is 0 Å². The second-order valence-electron chi connectivity index (χ2n) is 3.24. The zero-order valence-electron chi connectivity index (χ0n) is 8.36. The van der Waals surface area contributed by atoms with Crippen LogP contribution >= 0.6 is 0 Å². The van der Waals surface area contributed by atoms with Crippen molar-refractivity contribution in [1.82, 2.24) is 0 Å². The summed E-state index contributed by atoms with van der Waals surface area (Å²) < 4.78 is 5.22. The lowest BCUT2D eigenvalue weighted by molar-refractivity contribution is -0.129. The van der Waals surface area contributed by atoms with Gasteiger partial charge in [0.25, 0.3) is 0 Å². The van der Waals surface area contributed by atoms with E-state index in [0.717, 1.165) is 5.56 Å². The Morgan fingerprint density at radius 2 is 2.13 bits per heavy atom. The Bertz CT molecular complexity index is 489. The summed E-state index contributed by atoms with van der Waals surface area (Å²) in [6, 6.07) is 7.42. The second kappa shape index (κ2) is 3.99. The molecule has 2 heteroatoms. The van der Waals surface area contributed by atoms with Gasteiger partial charge in [-0.15, -0.1) is 5.73 Å². The molecule has 1 aromatic carbocycles. The molecule has 0 N–H and O–H groups in total. The highest BCUT2D eigenvalue weighted by atomic mass is 16.5. The zero-order chi connectivity index (χ0) is 10.7. The topological polar surface area (TPSA) is 26.3 Å². The van der Waals surface area contributed by atoms with Gasteiger partial charge in [0.2, 0.25) is 0 Å². The lowest BCUT2D eigenvalue weighted by Gasteiger charge is -2.05. The molecule has 0 saturated carbocycles. The van der Waals surface area contributed by atoms with E-state index in [9.17, 15) is 4.79 Å². The minimum Gasteiger partial charge on any atom is -0.422 e. The van der Waals surface area contributed by atoms with Crippen LogP contribution < -0.4 is 4.74 Å². The normalized spacial score (nSPS) is 12.7. The standard InChI is InChI=1S/C13H10O2/c1-10-6-2-5-9-12(10)15-13(14)11-7-3-4-8-11/h2-7,9H,1H3. The largest absolute Gasteiger partial charge is 0.422 e. The van der Waals surface area contributed by atoms with E-state index in [4.69, 9.17) is 4.74 Å². The Kier molecular flexibility index (Phi) is 2.53. The maximum atomic E-state index is 11.6. The van der Waals surface area contributed by atoms with Gasteiger partial charge < -0.3 is 4.74 Å². The fourth-order valence-corrected chi connectivity index (χ4v) is 1.28. The third-order valence-corrected chi connectivity index (χ3v) is 2.11. The molecule has 0 atom stereocenters. The Balaban J connectivity index is 2.16. The zero-order valence-corrected chi connectivity index (χ0v) is 8.36. The van der Waals surface area contributed by atoms with Gasteiger partial charge in [-0.1, -0.05) is 24.3 Å². The van der Waals surface area contributed by atoms with E-state index in [-0.39, 0.29) is 5.97 Å². The van der Waals surface area contributed by atoms with E-state index in [2.05, 4.69) is 5.73 Å². The Morgan fingerprint density at radius 1 is 1.33 bits per heavy atom. The third-order valence-electron chi connectivity index (χ3n) is 2.11. The molecule has 0 aliphatic heterocycles. The number of esters is 1. The van der Waals surface area contributed by atoms with Crippen molar-refractivity contribution in [3.8, 4) is 5.75 Å². The van der Waals surface area contributed by atoms with Crippen LogP contribution in [0.5, 0.6) is 5.75 Å². The van der Waals surface area contributed by atoms with Crippen LogP contribution in [0.1, 0.15) is 5.56 Å². The van der Waals surface area contributed by atoms with E-state index in [0.29, 0.717) is 11.3 Å². The molecule has 1 aromatic rings. The second-order valence-corrected chi connectivity index (χ2v) is 3.24. The van der Waals surface area contributed by atoms with Crippen LogP contribution in [-0.4, -0.2) is 5.97 Å². The number of carbonyl (C=O) groups is 1. The molecule has 0 saturated heterocycles. The van der Waals surface area contributed by atoms with Crippen LogP contribution in [0.2, 0.25) is 0 Å². The predicted octanol–water partition coefficient (Wildman–Crippen LogP) is 2.55. The van der Waals surface area contributed by atoms with Crippen LogP contribution in [0.4, 0.5) is 0 Å². The summed E-state index contributed by atoms with van der Waals surface area (Å²) >= 11 is 0. The average Bonchev–Trinajstić information content (AvgIpc) is 2.74. The van der Waals surface area contributed by atoms with E-state index in [1.54, 1.807) is 24.3 Å². The molecule has 15 heavy (non-hydrogen) atoms. The fraction of sp³-hybridized carbons (Fsp3) is 0.0769. The van der Waals surface area contributed by atoms with Gasteiger partial charge in [-0.2, -0.15) is 0 Å². The van der Waals surface area contributed by atoms with Gasteiger partial charge in [0.1, 0.15) is 11.3 Å².